The maximum Gasteiger partial charge on any atom is 0.331 e. The third-order valence-electron chi connectivity index (χ3n) is 4.85. The normalized spacial score (nSPS) is 16.2. The van der Waals surface area contributed by atoms with Gasteiger partial charge in [-0.25, -0.2) is 4.79 Å². The van der Waals surface area contributed by atoms with E-state index >= 15 is 0 Å². The van der Waals surface area contributed by atoms with Crippen LogP contribution in [0, 0.1) is 10.1 Å². The van der Waals surface area contributed by atoms with Crippen molar-refractivity contribution in [1.29, 1.82) is 0 Å². The van der Waals surface area contributed by atoms with E-state index in [1.807, 2.05) is 0 Å². The fraction of sp³-hybridized carbons (Fsp3) is 0.500. The van der Waals surface area contributed by atoms with Crippen molar-refractivity contribution >= 4 is 23.5 Å². The predicted molar refractivity (Wildman–Crippen MR) is 98.0 cm³/mol. The Bertz CT molecular complexity index is 844. The van der Waals surface area contributed by atoms with Gasteiger partial charge in [-0.1, -0.05) is 0 Å². The Morgan fingerprint density at radius 2 is 1.93 bits per heavy atom. The molecule has 1 aromatic rings. The number of fused-ring (bicyclic) bond motifs is 1. The van der Waals surface area contributed by atoms with Gasteiger partial charge < -0.3 is 19.6 Å². The number of carbonyl (C=O) groups excluding carboxylic acids is 2. The Labute approximate surface area is 161 Å². The first-order valence-corrected chi connectivity index (χ1v) is 8.57. The van der Waals surface area contributed by atoms with Crippen LogP contribution < -0.4 is 4.74 Å². The number of nitro benzene ring substituents is 1. The second kappa shape index (κ2) is 7.45. The summed E-state index contributed by atoms with van der Waals surface area (Å²) in [5.41, 5.74) is -0.410. The summed E-state index contributed by atoms with van der Waals surface area (Å²) in [4.78, 5) is 50.1. The Balaban J connectivity index is 2.51. The summed E-state index contributed by atoms with van der Waals surface area (Å²) in [6, 6.07) is 1.01. The molecule has 28 heavy (non-hydrogen) atoms. The van der Waals surface area contributed by atoms with E-state index in [2.05, 4.69) is 0 Å². The van der Waals surface area contributed by atoms with E-state index in [1.165, 1.54) is 25.1 Å². The van der Waals surface area contributed by atoms with Crippen LogP contribution in [0.5, 0.6) is 5.75 Å². The standard InChI is InChI=1S/C18H23N3O7/c1-18(2,3)19(4)15(22)16(23)20-7-6-10-8-13(28-5)12(21(26)27)9-11(10)14(20)17(24)25/h8-9,14H,6-7H2,1-5H3,(H,24,25). The van der Waals surface area contributed by atoms with E-state index in [4.69, 9.17) is 4.74 Å². The van der Waals surface area contributed by atoms with E-state index < -0.39 is 40.0 Å². The van der Waals surface area contributed by atoms with Crippen LogP contribution in [0.3, 0.4) is 0 Å². The number of rotatable bonds is 3. The van der Waals surface area contributed by atoms with Crippen molar-refractivity contribution in [3.8, 4) is 5.75 Å². The van der Waals surface area contributed by atoms with Crippen LogP contribution in [0.2, 0.25) is 0 Å². The summed E-state index contributed by atoms with van der Waals surface area (Å²) in [7, 11) is 2.74. The highest BCUT2D eigenvalue weighted by molar-refractivity contribution is 6.35. The number of hydrogen-bond acceptors (Lipinski definition) is 6. The SMILES string of the molecule is COc1cc2c(cc1[N+](=O)[O-])C(C(=O)O)N(C(=O)C(=O)N(C)C(C)(C)C)CC2. The lowest BCUT2D eigenvalue weighted by atomic mass is 9.91. The van der Waals surface area contributed by atoms with E-state index in [-0.39, 0.29) is 24.3 Å². The van der Waals surface area contributed by atoms with Gasteiger partial charge in [0, 0.05) is 25.2 Å². The number of carboxylic acid groups (broad SMARTS) is 1. The molecule has 0 bridgehead atoms. The van der Waals surface area contributed by atoms with Crippen molar-refractivity contribution in [1.82, 2.24) is 9.80 Å². The van der Waals surface area contributed by atoms with Gasteiger partial charge in [0.05, 0.1) is 12.0 Å². The maximum atomic E-state index is 12.8. The summed E-state index contributed by atoms with van der Waals surface area (Å²) in [6.45, 7) is 5.23. The molecule has 152 valence electrons. The number of benzene rings is 1. The second-order valence-electron chi connectivity index (χ2n) is 7.50. The fourth-order valence-corrected chi connectivity index (χ4v) is 3.00. The molecule has 1 atom stereocenters. The lowest BCUT2D eigenvalue weighted by Crippen LogP contribution is -2.53. The van der Waals surface area contributed by atoms with Crippen LogP contribution in [0.1, 0.15) is 37.9 Å². The number of hydrogen-bond donors (Lipinski definition) is 1. The number of carboxylic acids is 1. The highest BCUT2D eigenvalue weighted by Crippen LogP contribution is 2.38. The van der Waals surface area contributed by atoms with Gasteiger partial charge in [-0.2, -0.15) is 0 Å². The minimum atomic E-state index is -1.50. The Morgan fingerprint density at radius 1 is 1.32 bits per heavy atom. The number of aliphatic carboxylic acids is 1. The summed E-state index contributed by atoms with van der Waals surface area (Å²) in [6.07, 6.45) is 0.242. The summed E-state index contributed by atoms with van der Waals surface area (Å²) >= 11 is 0. The second-order valence-corrected chi connectivity index (χ2v) is 7.50. The molecule has 1 aliphatic rings. The summed E-state index contributed by atoms with van der Waals surface area (Å²) < 4.78 is 5.02. The third kappa shape index (κ3) is 3.75. The molecule has 0 spiro atoms. The molecule has 10 heteroatoms. The number of likely N-dealkylation sites (N-methyl/N-ethyl adjacent to an activating group) is 1. The van der Waals surface area contributed by atoms with Crippen molar-refractivity contribution in [2.75, 3.05) is 20.7 Å². The number of carbonyl (C=O) groups is 3. The lowest BCUT2D eigenvalue weighted by molar-refractivity contribution is -0.385. The molecule has 10 nitrogen and oxygen atoms in total. The molecule has 1 unspecified atom stereocenters. The molecule has 1 aromatic carbocycles. The smallest absolute Gasteiger partial charge is 0.331 e. The first kappa shape index (κ1) is 21.1. The molecule has 0 fully saturated rings. The Kier molecular flexibility index (Phi) is 5.62. The highest BCUT2D eigenvalue weighted by Gasteiger charge is 2.41. The van der Waals surface area contributed by atoms with Crippen LogP contribution in [0.25, 0.3) is 0 Å². The number of ether oxygens (including phenoxy) is 1. The van der Waals surface area contributed by atoms with Crippen molar-refractivity contribution < 1.29 is 29.2 Å². The van der Waals surface area contributed by atoms with Crippen molar-refractivity contribution in [2.24, 2.45) is 0 Å². The minimum absolute atomic E-state index is 0.00646. The van der Waals surface area contributed by atoms with Gasteiger partial charge in [0.1, 0.15) is 0 Å². The lowest BCUT2D eigenvalue weighted by Gasteiger charge is -2.37. The van der Waals surface area contributed by atoms with E-state index in [0.717, 1.165) is 11.0 Å². The first-order valence-electron chi connectivity index (χ1n) is 8.57. The van der Waals surface area contributed by atoms with Crippen LogP contribution in [0.15, 0.2) is 12.1 Å². The highest BCUT2D eigenvalue weighted by atomic mass is 16.6. The quantitative estimate of drug-likeness (QED) is 0.466. The fourth-order valence-electron chi connectivity index (χ4n) is 3.00. The largest absolute Gasteiger partial charge is 0.490 e. The average molecular weight is 393 g/mol. The van der Waals surface area contributed by atoms with Gasteiger partial charge in [-0.3, -0.25) is 19.7 Å². The van der Waals surface area contributed by atoms with Crippen molar-refractivity contribution in [3.05, 3.63) is 33.4 Å². The van der Waals surface area contributed by atoms with Crippen LogP contribution in [-0.4, -0.2) is 63.9 Å². The molecule has 0 saturated heterocycles. The van der Waals surface area contributed by atoms with Crippen LogP contribution in [0.4, 0.5) is 5.69 Å². The van der Waals surface area contributed by atoms with E-state index in [9.17, 15) is 29.6 Å². The first-order chi connectivity index (χ1) is 12.9. The molecular formula is C18H23N3O7. The number of amides is 2. The van der Waals surface area contributed by atoms with E-state index in [0.29, 0.717) is 5.56 Å². The van der Waals surface area contributed by atoms with Crippen molar-refractivity contribution in [2.45, 2.75) is 38.8 Å². The zero-order valence-corrected chi connectivity index (χ0v) is 16.4. The number of methoxy groups -OCH3 is 1. The number of nitrogens with zero attached hydrogens (tertiary/aromatic N) is 3. The maximum absolute atomic E-state index is 12.8. The van der Waals surface area contributed by atoms with Crippen molar-refractivity contribution in [3.63, 3.8) is 0 Å². The molecule has 2 rings (SSSR count). The average Bonchev–Trinajstić information content (AvgIpc) is 2.62. The zero-order valence-electron chi connectivity index (χ0n) is 16.4. The molecule has 0 aliphatic carbocycles. The van der Waals surface area contributed by atoms with Gasteiger partial charge in [0.2, 0.25) is 0 Å². The number of nitro groups is 1. The van der Waals surface area contributed by atoms with Gasteiger partial charge in [-0.05, 0) is 44.4 Å². The molecule has 1 aliphatic heterocycles. The van der Waals surface area contributed by atoms with Gasteiger partial charge >= 0.3 is 23.5 Å². The van der Waals surface area contributed by atoms with Crippen LogP contribution >= 0.6 is 0 Å². The molecule has 1 heterocycles. The van der Waals surface area contributed by atoms with Crippen LogP contribution in [-0.2, 0) is 20.8 Å². The minimum Gasteiger partial charge on any atom is -0.490 e. The Hall–Kier alpha value is -3.17. The molecular weight excluding hydrogens is 370 g/mol. The molecule has 1 N–H and O–H groups in total. The van der Waals surface area contributed by atoms with Gasteiger partial charge in [-0.15, -0.1) is 0 Å². The molecule has 2 amide bonds. The molecule has 0 radical (unpaired) electrons. The Morgan fingerprint density at radius 3 is 2.39 bits per heavy atom. The van der Waals surface area contributed by atoms with E-state index in [1.54, 1.807) is 20.8 Å². The van der Waals surface area contributed by atoms with Gasteiger partial charge in [0.25, 0.3) is 0 Å². The monoisotopic (exact) mass is 393 g/mol. The molecule has 0 aromatic heterocycles. The third-order valence-corrected chi connectivity index (χ3v) is 4.85. The summed E-state index contributed by atoms with van der Waals surface area (Å²) in [5.74, 6) is -3.17. The topological polar surface area (TPSA) is 130 Å². The van der Waals surface area contributed by atoms with Gasteiger partial charge in [0.15, 0.2) is 11.8 Å². The molecule has 0 saturated carbocycles. The predicted octanol–water partition coefficient (Wildman–Crippen LogP) is 1.37. The summed E-state index contributed by atoms with van der Waals surface area (Å²) in [5, 5.41) is 21.0. The zero-order chi connectivity index (χ0) is 21.4.